The van der Waals surface area contributed by atoms with Crippen LogP contribution in [-0.4, -0.2) is 30.7 Å². The van der Waals surface area contributed by atoms with Crippen molar-refractivity contribution in [3.63, 3.8) is 0 Å². The molecule has 2 heterocycles. The Balaban J connectivity index is 1.76. The van der Waals surface area contributed by atoms with Crippen LogP contribution in [-0.2, 0) is 13.0 Å². The number of ether oxygens (including phenoxy) is 2. The second-order valence-corrected chi connectivity index (χ2v) is 6.52. The van der Waals surface area contributed by atoms with E-state index in [9.17, 15) is 0 Å². The van der Waals surface area contributed by atoms with Crippen molar-refractivity contribution in [1.29, 1.82) is 0 Å². The molecule has 6 nitrogen and oxygen atoms in total. The number of fused-ring (bicyclic) bond motifs is 2. The summed E-state index contributed by atoms with van der Waals surface area (Å²) in [7, 11) is 3.21. The molecule has 0 amide bonds. The molecule has 0 radical (unpaired) electrons. The van der Waals surface area contributed by atoms with E-state index in [0.717, 1.165) is 30.4 Å². The third-order valence-electron chi connectivity index (χ3n) is 5.00. The Morgan fingerprint density at radius 1 is 1.08 bits per heavy atom. The van der Waals surface area contributed by atoms with Crippen molar-refractivity contribution in [2.75, 3.05) is 31.4 Å². The molecule has 0 saturated heterocycles. The standard InChI is InChI=1S/C20H22N4O2/c1-12-5-4-6-13-11-24(8-7-14(12)13)20-22-16-10-18(26-3)17(25-2)9-15(16)19(21)23-20/h4-6,9-10H,7-8,11H2,1-3H3,(H2,21,22,23). The molecule has 0 bridgehead atoms. The second-order valence-electron chi connectivity index (χ2n) is 6.52. The highest BCUT2D eigenvalue weighted by atomic mass is 16.5. The molecule has 0 atom stereocenters. The van der Waals surface area contributed by atoms with Crippen molar-refractivity contribution >= 4 is 22.7 Å². The first-order valence-electron chi connectivity index (χ1n) is 8.62. The molecule has 26 heavy (non-hydrogen) atoms. The van der Waals surface area contributed by atoms with Crippen molar-refractivity contribution < 1.29 is 9.47 Å². The summed E-state index contributed by atoms with van der Waals surface area (Å²) in [5.41, 5.74) is 11.1. The number of nitrogens with two attached hydrogens (primary N) is 1. The second kappa shape index (κ2) is 6.37. The summed E-state index contributed by atoms with van der Waals surface area (Å²) in [6, 6.07) is 10.1. The van der Waals surface area contributed by atoms with Gasteiger partial charge in [0.1, 0.15) is 5.82 Å². The summed E-state index contributed by atoms with van der Waals surface area (Å²) >= 11 is 0. The van der Waals surface area contributed by atoms with Crippen LogP contribution in [0, 0.1) is 6.92 Å². The van der Waals surface area contributed by atoms with Gasteiger partial charge < -0.3 is 20.1 Å². The highest BCUT2D eigenvalue weighted by Gasteiger charge is 2.21. The summed E-state index contributed by atoms with van der Waals surface area (Å²) in [5, 5.41) is 0.764. The molecule has 4 rings (SSSR count). The Hall–Kier alpha value is -3.02. The van der Waals surface area contributed by atoms with Gasteiger partial charge >= 0.3 is 0 Å². The van der Waals surface area contributed by atoms with Crippen LogP contribution >= 0.6 is 0 Å². The first-order valence-corrected chi connectivity index (χ1v) is 8.62. The number of nitrogens with zero attached hydrogens (tertiary/aromatic N) is 3. The van der Waals surface area contributed by atoms with Crippen LogP contribution < -0.4 is 20.1 Å². The molecule has 134 valence electrons. The van der Waals surface area contributed by atoms with E-state index in [0.29, 0.717) is 23.3 Å². The van der Waals surface area contributed by atoms with Crippen LogP contribution in [0.2, 0.25) is 0 Å². The predicted molar refractivity (Wildman–Crippen MR) is 103 cm³/mol. The van der Waals surface area contributed by atoms with Gasteiger partial charge in [-0.05, 0) is 36.1 Å². The van der Waals surface area contributed by atoms with Crippen LogP contribution in [0.3, 0.4) is 0 Å². The number of hydrogen-bond donors (Lipinski definition) is 1. The molecule has 1 aromatic heterocycles. The predicted octanol–water partition coefficient (Wildman–Crippen LogP) is 3.10. The number of aromatic nitrogens is 2. The first-order chi connectivity index (χ1) is 12.6. The van der Waals surface area contributed by atoms with Crippen molar-refractivity contribution in [3.8, 4) is 11.5 Å². The van der Waals surface area contributed by atoms with Gasteiger partial charge in [0, 0.05) is 24.5 Å². The van der Waals surface area contributed by atoms with E-state index in [4.69, 9.17) is 20.2 Å². The minimum absolute atomic E-state index is 0.445. The van der Waals surface area contributed by atoms with Gasteiger partial charge in [-0.1, -0.05) is 18.2 Å². The molecule has 2 N–H and O–H groups in total. The minimum Gasteiger partial charge on any atom is -0.493 e. The molecule has 1 aliphatic heterocycles. The fraction of sp³-hybridized carbons (Fsp3) is 0.300. The van der Waals surface area contributed by atoms with Gasteiger partial charge in [-0.15, -0.1) is 0 Å². The SMILES string of the molecule is COc1cc2nc(N3CCc4c(C)cccc4C3)nc(N)c2cc1OC. The Labute approximate surface area is 152 Å². The highest BCUT2D eigenvalue weighted by Crippen LogP contribution is 2.34. The summed E-state index contributed by atoms with van der Waals surface area (Å²) in [5.74, 6) is 2.34. The normalized spacial score (nSPS) is 13.6. The Kier molecular flexibility index (Phi) is 4.03. The maximum atomic E-state index is 6.22. The quantitative estimate of drug-likeness (QED) is 0.782. The van der Waals surface area contributed by atoms with E-state index in [2.05, 4.69) is 35.0 Å². The van der Waals surface area contributed by atoms with Crippen LogP contribution in [0.5, 0.6) is 11.5 Å². The molecule has 2 aromatic carbocycles. The minimum atomic E-state index is 0.445. The average molecular weight is 350 g/mol. The topological polar surface area (TPSA) is 73.5 Å². The van der Waals surface area contributed by atoms with Crippen molar-refractivity contribution in [2.24, 2.45) is 0 Å². The van der Waals surface area contributed by atoms with Gasteiger partial charge in [0.25, 0.3) is 0 Å². The third kappa shape index (κ3) is 2.67. The van der Waals surface area contributed by atoms with E-state index in [1.807, 2.05) is 12.1 Å². The summed E-state index contributed by atoms with van der Waals surface area (Å²) in [4.78, 5) is 11.5. The number of hydrogen-bond acceptors (Lipinski definition) is 6. The Morgan fingerprint density at radius 3 is 2.62 bits per heavy atom. The largest absolute Gasteiger partial charge is 0.493 e. The van der Waals surface area contributed by atoms with Crippen LogP contribution in [0.1, 0.15) is 16.7 Å². The molecular formula is C20H22N4O2. The summed E-state index contributed by atoms with van der Waals surface area (Å²) in [6.45, 7) is 3.82. The zero-order chi connectivity index (χ0) is 18.3. The summed E-state index contributed by atoms with van der Waals surface area (Å²) in [6.07, 6.45) is 0.981. The fourth-order valence-electron chi connectivity index (χ4n) is 3.58. The number of methoxy groups -OCH3 is 2. The zero-order valence-corrected chi connectivity index (χ0v) is 15.2. The van der Waals surface area contributed by atoms with Crippen LogP contribution in [0.4, 0.5) is 11.8 Å². The molecule has 3 aromatic rings. The lowest BCUT2D eigenvalue weighted by molar-refractivity contribution is 0.356. The van der Waals surface area contributed by atoms with Crippen LogP contribution in [0.15, 0.2) is 30.3 Å². The maximum absolute atomic E-state index is 6.22. The smallest absolute Gasteiger partial charge is 0.228 e. The molecule has 0 saturated carbocycles. The Bertz CT molecular complexity index is 987. The molecule has 0 aliphatic carbocycles. The van der Waals surface area contributed by atoms with Gasteiger partial charge in [-0.2, -0.15) is 4.98 Å². The maximum Gasteiger partial charge on any atom is 0.228 e. The lowest BCUT2D eigenvalue weighted by Crippen LogP contribution is -2.32. The zero-order valence-electron chi connectivity index (χ0n) is 15.2. The van der Waals surface area contributed by atoms with Gasteiger partial charge in [0.05, 0.1) is 19.7 Å². The van der Waals surface area contributed by atoms with E-state index in [1.165, 1.54) is 16.7 Å². The van der Waals surface area contributed by atoms with Crippen LogP contribution in [0.25, 0.3) is 10.9 Å². The summed E-state index contributed by atoms with van der Waals surface area (Å²) < 4.78 is 10.7. The lowest BCUT2D eigenvalue weighted by Gasteiger charge is -2.30. The van der Waals surface area contributed by atoms with Gasteiger partial charge in [-0.3, -0.25) is 0 Å². The Morgan fingerprint density at radius 2 is 1.85 bits per heavy atom. The molecule has 1 aliphatic rings. The lowest BCUT2D eigenvalue weighted by atomic mass is 9.95. The van der Waals surface area contributed by atoms with E-state index < -0.39 is 0 Å². The third-order valence-corrected chi connectivity index (χ3v) is 5.00. The van der Waals surface area contributed by atoms with Gasteiger partial charge in [0.15, 0.2) is 11.5 Å². The molecule has 0 fully saturated rings. The van der Waals surface area contributed by atoms with Crippen molar-refractivity contribution in [3.05, 3.63) is 47.0 Å². The first kappa shape index (κ1) is 16.4. The molecule has 0 unspecified atom stereocenters. The van der Waals surface area contributed by atoms with E-state index >= 15 is 0 Å². The monoisotopic (exact) mass is 350 g/mol. The number of rotatable bonds is 3. The van der Waals surface area contributed by atoms with Crippen molar-refractivity contribution in [1.82, 2.24) is 9.97 Å². The van der Waals surface area contributed by atoms with E-state index in [1.54, 1.807) is 14.2 Å². The fourth-order valence-corrected chi connectivity index (χ4v) is 3.58. The number of nitrogen functional groups attached to an aromatic ring is 1. The number of benzene rings is 2. The molecular weight excluding hydrogens is 328 g/mol. The number of anilines is 2. The highest BCUT2D eigenvalue weighted by molar-refractivity contribution is 5.91. The van der Waals surface area contributed by atoms with Gasteiger partial charge in [0.2, 0.25) is 5.95 Å². The molecule has 0 spiro atoms. The van der Waals surface area contributed by atoms with Gasteiger partial charge in [-0.25, -0.2) is 4.98 Å². The van der Waals surface area contributed by atoms with E-state index in [-0.39, 0.29) is 0 Å². The molecule has 6 heteroatoms. The number of aryl methyl sites for hydroxylation is 1. The average Bonchev–Trinajstić information content (AvgIpc) is 2.66. The van der Waals surface area contributed by atoms with Crippen molar-refractivity contribution in [2.45, 2.75) is 19.9 Å².